The minimum absolute atomic E-state index is 0.134. The molecule has 0 aromatic carbocycles. The van der Waals surface area contributed by atoms with Crippen LogP contribution in [0, 0.1) is 0 Å². The molecule has 0 saturated carbocycles. The van der Waals surface area contributed by atoms with Gasteiger partial charge in [0.15, 0.2) is 11.3 Å². The fourth-order valence-corrected chi connectivity index (χ4v) is 0.904. The molecule has 1 aromatic rings. The van der Waals surface area contributed by atoms with Crippen molar-refractivity contribution in [3.05, 3.63) is 21.7 Å². The van der Waals surface area contributed by atoms with E-state index in [2.05, 4.69) is 4.52 Å². The molecule has 0 aliphatic carbocycles. The number of Topliss-reactive ketones (excluding diaryl/α,β-unsaturated/α-hetero) is 1. The van der Waals surface area contributed by atoms with Crippen LogP contribution in [0.25, 0.3) is 0 Å². The quantitative estimate of drug-likeness (QED) is 0.678. The summed E-state index contributed by atoms with van der Waals surface area (Å²) >= 11 is 0. The van der Waals surface area contributed by atoms with Crippen LogP contribution >= 0.6 is 0 Å². The Kier molecular flexibility index (Phi) is 2.32. The first-order chi connectivity index (χ1) is 6.02. The van der Waals surface area contributed by atoms with E-state index in [1.807, 2.05) is 5.16 Å². The molecular weight excluding hydrogens is 178 g/mol. The smallest absolute Gasteiger partial charge is 0.345 e. The number of aromatic amines is 1. The van der Waals surface area contributed by atoms with Gasteiger partial charge in [-0.3, -0.25) is 9.59 Å². The summed E-state index contributed by atoms with van der Waals surface area (Å²) in [5, 5.41) is 10.4. The van der Waals surface area contributed by atoms with Crippen LogP contribution in [-0.4, -0.2) is 22.0 Å². The molecule has 1 aromatic heterocycles. The fourth-order valence-electron chi connectivity index (χ4n) is 0.904. The predicted octanol–water partition coefficient (Wildman–Crippen LogP) is -0.202. The Balaban J connectivity index is 3.15. The minimum atomic E-state index is -1.40. The van der Waals surface area contributed by atoms with Crippen molar-refractivity contribution < 1.29 is 19.2 Å². The molecule has 2 N–H and O–H groups in total. The van der Waals surface area contributed by atoms with E-state index >= 15 is 0 Å². The van der Waals surface area contributed by atoms with Crippen molar-refractivity contribution in [2.45, 2.75) is 13.3 Å². The number of H-pyrrole nitrogens is 1. The van der Waals surface area contributed by atoms with Gasteiger partial charge in [0, 0.05) is 0 Å². The van der Waals surface area contributed by atoms with E-state index in [9.17, 15) is 14.4 Å². The number of hydrogen-bond acceptors (Lipinski definition) is 4. The summed E-state index contributed by atoms with van der Waals surface area (Å²) in [6.07, 6.45) is -0.194. The molecule has 13 heavy (non-hydrogen) atoms. The topological polar surface area (TPSA) is 100 Å². The fraction of sp³-hybridized carbons (Fsp3) is 0.286. The lowest BCUT2D eigenvalue weighted by atomic mass is 10.2. The lowest BCUT2D eigenvalue weighted by molar-refractivity contribution is -0.116. The summed E-state index contributed by atoms with van der Waals surface area (Å²) in [6.45, 7) is 1.28. The summed E-state index contributed by atoms with van der Waals surface area (Å²) in [7, 11) is 0. The maximum absolute atomic E-state index is 10.8. The first-order valence-corrected chi connectivity index (χ1v) is 3.45. The molecule has 6 nitrogen and oxygen atoms in total. The number of aromatic carboxylic acids is 1. The third-order valence-corrected chi connectivity index (χ3v) is 1.40. The molecule has 70 valence electrons. The number of rotatable bonds is 3. The normalized spacial score (nSPS) is 9.92. The second-order valence-corrected chi connectivity index (χ2v) is 2.52. The van der Waals surface area contributed by atoms with Crippen LogP contribution in [0.15, 0.2) is 9.32 Å². The second-order valence-electron chi connectivity index (χ2n) is 2.52. The number of carbonyl (C=O) groups is 2. The monoisotopic (exact) mass is 185 g/mol. The van der Waals surface area contributed by atoms with Gasteiger partial charge >= 0.3 is 5.97 Å². The standard InChI is InChI=1S/C7H7NO5/c1-3(9)2-4-5(7(11)12)6(10)8-13-4/h2H2,1H3,(H,8,10)(H,11,12). The van der Waals surface area contributed by atoms with Crippen molar-refractivity contribution in [3.8, 4) is 0 Å². The van der Waals surface area contributed by atoms with E-state index < -0.39 is 17.1 Å². The van der Waals surface area contributed by atoms with Gasteiger partial charge in [0.05, 0.1) is 6.42 Å². The number of carboxylic acids is 1. The predicted molar refractivity (Wildman–Crippen MR) is 40.7 cm³/mol. The molecule has 0 radical (unpaired) electrons. The van der Waals surface area contributed by atoms with Crippen molar-refractivity contribution in [3.63, 3.8) is 0 Å². The Morgan fingerprint density at radius 3 is 2.62 bits per heavy atom. The molecule has 0 spiro atoms. The first-order valence-electron chi connectivity index (χ1n) is 3.45. The number of hydrogen-bond donors (Lipinski definition) is 2. The average molecular weight is 185 g/mol. The van der Waals surface area contributed by atoms with Crippen molar-refractivity contribution in [1.29, 1.82) is 0 Å². The lowest BCUT2D eigenvalue weighted by Gasteiger charge is -1.90. The van der Waals surface area contributed by atoms with E-state index in [-0.39, 0.29) is 18.0 Å². The Bertz CT molecular complexity index is 399. The molecule has 0 bridgehead atoms. The van der Waals surface area contributed by atoms with Gasteiger partial charge in [-0.1, -0.05) is 0 Å². The lowest BCUT2D eigenvalue weighted by Crippen LogP contribution is -2.14. The number of carboxylic acid groups (broad SMARTS) is 1. The molecular formula is C7H7NO5. The third kappa shape index (κ3) is 1.84. The summed E-state index contributed by atoms with van der Waals surface area (Å²) < 4.78 is 4.53. The number of nitrogens with one attached hydrogen (secondary N) is 1. The molecule has 0 amide bonds. The largest absolute Gasteiger partial charge is 0.477 e. The molecule has 6 heteroatoms. The Hall–Kier alpha value is -1.85. The van der Waals surface area contributed by atoms with E-state index in [0.717, 1.165) is 0 Å². The van der Waals surface area contributed by atoms with Crippen LogP contribution < -0.4 is 5.56 Å². The van der Waals surface area contributed by atoms with Gasteiger partial charge < -0.3 is 9.63 Å². The van der Waals surface area contributed by atoms with E-state index in [1.54, 1.807) is 0 Å². The van der Waals surface area contributed by atoms with Gasteiger partial charge in [-0.15, -0.1) is 0 Å². The highest BCUT2D eigenvalue weighted by Gasteiger charge is 2.20. The van der Waals surface area contributed by atoms with E-state index in [1.165, 1.54) is 6.92 Å². The maximum atomic E-state index is 10.8. The van der Waals surface area contributed by atoms with Gasteiger partial charge in [-0.2, -0.15) is 5.16 Å². The van der Waals surface area contributed by atoms with Crippen LogP contribution in [-0.2, 0) is 11.2 Å². The van der Waals surface area contributed by atoms with E-state index in [4.69, 9.17) is 5.11 Å². The van der Waals surface area contributed by atoms with Gasteiger partial charge in [0.1, 0.15) is 5.78 Å². The van der Waals surface area contributed by atoms with Crippen LogP contribution in [0.3, 0.4) is 0 Å². The molecule has 0 atom stereocenters. The van der Waals surface area contributed by atoms with Crippen LogP contribution in [0.2, 0.25) is 0 Å². The number of carbonyl (C=O) groups excluding carboxylic acids is 1. The van der Waals surface area contributed by atoms with Crippen molar-refractivity contribution in [1.82, 2.24) is 5.16 Å². The van der Waals surface area contributed by atoms with Crippen molar-refractivity contribution in [2.24, 2.45) is 0 Å². The zero-order valence-electron chi connectivity index (χ0n) is 6.79. The molecule has 1 heterocycles. The number of ketones is 1. The van der Waals surface area contributed by atoms with Crippen LogP contribution in [0.4, 0.5) is 0 Å². The van der Waals surface area contributed by atoms with Crippen molar-refractivity contribution >= 4 is 11.8 Å². The summed E-state index contributed by atoms with van der Waals surface area (Å²) in [6, 6.07) is 0. The summed E-state index contributed by atoms with van der Waals surface area (Å²) in [5.74, 6) is -1.80. The van der Waals surface area contributed by atoms with Gasteiger partial charge in [0.2, 0.25) is 0 Å². The second kappa shape index (κ2) is 3.26. The molecule has 0 aliphatic rings. The highest BCUT2D eigenvalue weighted by Crippen LogP contribution is 2.04. The molecule has 0 saturated heterocycles. The molecule has 1 rings (SSSR count). The highest BCUT2D eigenvalue weighted by atomic mass is 16.5. The third-order valence-electron chi connectivity index (χ3n) is 1.40. The highest BCUT2D eigenvalue weighted by molar-refractivity contribution is 5.90. The van der Waals surface area contributed by atoms with Crippen LogP contribution in [0.1, 0.15) is 23.0 Å². The minimum Gasteiger partial charge on any atom is -0.477 e. The summed E-state index contributed by atoms with van der Waals surface area (Å²) in [5.41, 5.74) is -1.33. The Labute approximate surface area is 72.1 Å². The first kappa shape index (κ1) is 9.24. The van der Waals surface area contributed by atoms with Crippen LogP contribution in [0.5, 0.6) is 0 Å². The molecule has 0 fully saturated rings. The zero-order chi connectivity index (χ0) is 10.0. The Morgan fingerprint density at radius 2 is 2.15 bits per heavy atom. The molecule has 0 aliphatic heterocycles. The Morgan fingerprint density at radius 1 is 1.54 bits per heavy atom. The van der Waals surface area contributed by atoms with Gasteiger partial charge in [0.25, 0.3) is 5.56 Å². The number of aromatic nitrogens is 1. The van der Waals surface area contributed by atoms with Gasteiger partial charge in [-0.25, -0.2) is 4.79 Å². The SMILES string of the molecule is CC(=O)Cc1o[nH]c(=O)c1C(=O)O. The zero-order valence-corrected chi connectivity index (χ0v) is 6.79. The average Bonchev–Trinajstić information content (AvgIpc) is 2.30. The molecule has 0 unspecified atom stereocenters. The van der Waals surface area contributed by atoms with E-state index in [0.29, 0.717) is 0 Å². The summed E-state index contributed by atoms with van der Waals surface area (Å²) in [4.78, 5) is 31.9. The van der Waals surface area contributed by atoms with Gasteiger partial charge in [-0.05, 0) is 6.92 Å². The van der Waals surface area contributed by atoms with Crippen molar-refractivity contribution in [2.75, 3.05) is 0 Å². The maximum Gasteiger partial charge on any atom is 0.345 e.